The average molecular weight is 539 g/mol. The molecule has 0 saturated carbocycles. The van der Waals surface area contributed by atoms with Crippen LogP contribution in [0, 0.1) is 0 Å². The summed E-state index contributed by atoms with van der Waals surface area (Å²) in [4.78, 5) is 8.90. The lowest BCUT2D eigenvalue weighted by Crippen LogP contribution is -2.28. The van der Waals surface area contributed by atoms with Crippen LogP contribution in [0.15, 0.2) is 9.98 Å². The molecule has 38 heavy (non-hydrogen) atoms. The van der Waals surface area contributed by atoms with Gasteiger partial charge in [-0.1, -0.05) is 117 Å². The molecule has 6 nitrogen and oxygen atoms in total. The molecular weight excluding hydrogens is 476 g/mol. The van der Waals surface area contributed by atoms with Crippen molar-refractivity contribution in [3.8, 4) is 0 Å². The summed E-state index contributed by atoms with van der Waals surface area (Å²) < 4.78 is 11.0. The molecular formula is C32H62N2O4. The van der Waals surface area contributed by atoms with Crippen LogP contribution < -0.4 is 0 Å². The Morgan fingerprint density at radius 1 is 0.526 bits per heavy atom. The molecule has 2 rings (SSSR count). The molecule has 2 aliphatic heterocycles. The lowest BCUT2D eigenvalue weighted by molar-refractivity contribution is 0.169. The minimum atomic E-state index is -0.382. The molecule has 2 N–H and O–H groups in total. The van der Waals surface area contributed by atoms with Crippen LogP contribution in [0.3, 0.4) is 0 Å². The average Bonchev–Trinajstić information content (AvgIpc) is 3.50. The van der Waals surface area contributed by atoms with Gasteiger partial charge in [0.25, 0.3) is 0 Å². The first-order chi connectivity index (χ1) is 18.4. The number of hydrogen-bond acceptors (Lipinski definition) is 6. The van der Waals surface area contributed by atoms with Gasteiger partial charge in [-0.05, 0) is 26.7 Å². The molecule has 2 heterocycles. The van der Waals surface area contributed by atoms with Gasteiger partial charge in [0, 0.05) is 12.8 Å². The molecule has 0 bridgehead atoms. The first-order valence-electron chi connectivity index (χ1n) is 16.0. The maximum Gasteiger partial charge on any atom is 0.184 e. The number of nitrogens with zero attached hydrogens (tertiary/aromatic N) is 2. The van der Waals surface area contributed by atoms with Crippen molar-refractivity contribution < 1.29 is 19.7 Å². The fraction of sp³-hybridized carbons (Fsp3) is 0.938. The third kappa shape index (κ3) is 16.7. The molecule has 224 valence electrons. The second-order valence-corrected chi connectivity index (χ2v) is 12.1. The van der Waals surface area contributed by atoms with Crippen LogP contribution in [0.2, 0.25) is 0 Å². The quantitative estimate of drug-likeness (QED) is 0.136. The van der Waals surface area contributed by atoms with Crippen molar-refractivity contribution in [1.29, 1.82) is 0 Å². The number of aliphatic hydroxyl groups is 2. The second kappa shape index (κ2) is 21.7. The Balaban J connectivity index is 0.000000389. The predicted octanol–water partition coefficient (Wildman–Crippen LogP) is 8.17. The van der Waals surface area contributed by atoms with E-state index in [0.717, 1.165) is 37.5 Å². The topological polar surface area (TPSA) is 83.6 Å². The van der Waals surface area contributed by atoms with Gasteiger partial charge in [0.2, 0.25) is 0 Å². The molecule has 2 aliphatic rings. The molecule has 0 aromatic heterocycles. The molecule has 0 aromatic carbocycles. The van der Waals surface area contributed by atoms with E-state index in [-0.39, 0.29) is 24.3 Å². The summed E-state index contributed by atoms with van der Waals surface area (Å²) in [7, 11) is 0. The third-order valence-electron chi connectivity index (χ3n) is 7.56. The first-order valence-corrected chi connectivity index (χ1v) is 16.0. The number of aliphatic hydroxyl groups excluding tert-OH is 2. The molecule has 0 radical (unpaired) electrons. The van der Waals surface area contributed by atoms with Crippen molar-refractivity contribution in [3.63, 3.8) is 0 Å². The number of unbranched alkanes of at least 4 members (excludes halogenated alkanes) is 16. The fourth-order valence-electron chi connectivity index (χ4n) is 4.80. The highest BCUT2D eigenvalue weighted by atomic mass is 16.5. The Morgan fingerprint density at radius 3 is 1.08 bits per heavy atom. The highest BCUT2D eigenvalue weighted by Gasteiger charge is 2.31. The van der Waals surface area contributed by atoms with Gasteiger partial charge >= 0.3 is 0 Å². The molecule has 0 amide bonds. The van der Waals surface area contributed by atoms with Gasteiger partial charge in [0.05, 0.1) is 13.2 Å². The van der Waals surface area contributed by atoms with E-state index in [9.17, 15) is 5.11 Å². The Morgan fingerprint density at radius 2 is 0.816 bits per heavy atom. The molecule has 0 saturated heterocycles. The molecule has 0 aliphatic carbocycles. The highest BCUT2D eigenvalue weighted by Crippen LogP contribution is 2.21. The van der Waals surface area contributed by atoms with Crippen LogP contribution >= 0.6 is 0 Å². The second-order valence-electron chi connectivity index (χ2n) is 12.1. The van der Waals surface area contributed by atoms with E-state index in [1.807, 2.05) is 13.8 Å². The van der Waals surface area contributed by atoms with Gasteiger partial charge < -0.3 is 19.7 Å². The summed E-state index contributed by atoms with van der Waals surface area (Å²) in [6, 6.07) is 0. The van der Waals surface area contributed by atoms with Crippen molar-refractivity contribution in [2.75, 3.05) is 26.4 Å². The summed E-state index contributed by atoms with van der Waals surface area (Å²) in [6.07, 6.45) is 26.0. The molecule has 2 unspecified atom stereocenters. The first kappa shape index (κ1) is 34.9. The van der Waals surface area contributed by atoms with Crippen molar-refractivity contribution in [3.05, 3.63) is 0 Å². The van der Waals surface area contributed by atoms with E-state index in [2.05, 4.69) is 23.8 Å². The Kier molecular flexibility index (Phi) is 19.9. The van der Waals surface area contributed by atoms with Gasteiger partial charge in [0.1, 0.15) is 24.3 Å². The summed E-state index contributed by atoms with van der Waals surface area (Å²) in [6.45, 7) is 9.62. The minimum absolute atomic E-state index is 0.0769. The molecule has 0 aromatic rings. The monoisotopic (exact) mass is 538 g/mol. The number of aliphatic imine (C=N–C) groups is 2. The van der Waals surface area contributed by atoms with Crippen molar-refractivity contribution in [1.82, 2.24) is 0 Å². The van der Waals surface area contributed by atoms with Crippen LogP contribution in [-0.2, 0) is 9.47 Å². The van der Waals surface area contributed by atoms with Gasteiger partial charge in [-0.25, -0.2) is 9.98 Å². The smallest absolute Gasteiger partial charge is 0.184 e. The van der Waals surface area contributed by atoms with Crippen LogP contribution in [0.25, 0.3) is 0 Å². The van der Waals surface area contributed by atoms with E-state index >= 15 is 0 Å². The standard InChI is InChI=1S/C18H35NO2.C14H27NO2/c1-3-4-5-6-7-8-9-10-11-12-13-14-17-19-18(2,15-20)16-21-17;1-3-4-5-6-7-8-9-10-13-15-14(2,11-16)12-17-13/h20H,3-16H2,1-2H3;16H,3-12H2,1-2H3. The van der Waals surface area contributed by atoms with Crippen LogP contribution in [0.1, 0.15) is 156 Å². The number of ether oxygens (including phenoxy) is 2. The Labute approximate surface area is 235 Å². The van der Waals surface area contributed by atoms with Crippen LogP contribution in [0.4, 0.5) is 0 Å². The summed E-state index contributed by atoms with van der Waals surface area (Å²) in [5.74, 6) is 1.69. The summed E-state index contributed by atoms with van der Waals surface area (Å²) >= 11 is 0. The lowest BCUT2D eigenvalue weighted by Gasteiger charge is -2.12. The van der Waals surface area contributed by atoms with Gasteiger partial charge in [-0.2, -0.15) is 0 Å². The van der Waals surface area contributed by atoms with E-state index in [4.69, 9.17) is 14.6 Å². The molecule has 2 atom stereocenters. The van der Waals surface area contributed by atoms with Gasteiger partial charge in [-0.15, -0.1) is 0 Å². The largest absolute Gasteiger partial charge is 0.478 e. The highest BCUT2D eigenvalue weighted by molar-refractivity contribution is 5.78. The van der Waals surface area contributed by atoms with Crippen molar-refractivity contribution >= 4 is 11.8 Å². The fourth-order valence-corrected chi connectivity index (χ4v) is 4.80. The van der Waals surface area contributed by atoms with Crippen LogP contribution in [-0.4, -0.2) is 59.5 Å². The SMILES string of the molecule is CCCCCCCCCC1=NC(C)(CO)CO1.CCCCCCCCCCCCCC1=NC(C)(CO)CO1. The Bertz CT molecular complexity index is 639. The van der Waals surface area contributed by atoms with E-state index < -0.39 is 0 Å². The minimum Gasteiger partial charge on any atom is -0.478 e. The maximum absolute atomic E-state index is 9.22. The van der Waals surface area contributed by atoms with Crippen molar-refractivity contribution in [2.45, 2.75) is 167 Å². The van der Waals surface area contributed by atoms with Crippen LogP contribution in [0.5, 0.6) is 0 Å². The van der Waals surface area contributed by atoms with Gasteiger partial charge in [-0.3, -0.25) is 0 Å². The Hall–Kier alpha value is -1.14. The molecule has 6 heteroatoms. The van der Waals surface area contributed by atoms with E-state index in [1.165, 1.54) is 103 Å². The lowest BCUT2D eigenvalue weighted by atomic mass is 10.1. The molecule has 0 spiro atoms. The van der Waals surface area contributed by atoms with Gasteiger partial charge in [0.15, 0.2) is 11.8 Å². The maximum atomic E-state index is 9.22. The zero-order valence-electron chi connectivity index (χ0n) is 25.6. The van der Waals surface area contributed by atoms with Crippen molar-refractivity contribution in [2.24, 2.45) is 9.98 Å². The van der Waals surface area contributed by atoms with E-state index in [0.29, 0.717) is 13.2 Å². The number of rotatable bonds is 22. The third-order valence-corrected chi connectivity index (χ3v) is 7.56. The molecule has 0 fully saturated rings. The van der Waals surface area contributed by atoms with E-state index in [1.54, 1.807) is 0 Å². The summed E-state index contributed by atoms with van der Waals surface area (Å²) in [5, 5.41) is 18.4. The predicted molar refractivity (Wildman–Crippen MR) is 161 cm³/mol. The summed E-state index contributed by atoms with van der Waals surface area (Å²) in [5.41, 5.74) is -0.760. The zero-order chi connectivity index (χ0) is 28.0. The normalized spacial score (nSPS) is 22.4. The number of hydrogen-bond donors (Lipinski definition) is 2. The zero-order valence-corrected chi connectivity index (χ0v) is 25.6.